The Morgan fingerprint density at radius 1 is 1.18 bits per heavy atom. The first-order valence-electron chi connectivity index (χ1n) is 11.1. The molecular formula is C24H26F3N3O3S. The lowest BCUT2D eigenvalue weighted by Crippen LogP contribution is -2.23. The number of aromatic nitrogens is 2. The Morgan fingerprint density at radius 2 is 1.88 bits per heavy atom. The highest BCUT2D eigenvalue weighted by Crippen LogP contribution is 2.41. The molecule has 0 aliphatic heterocycles. The van der Waals surface area contributed by atoms with E-state index in [1.807, 2.05) is 0 Å². The van der Waals surface area contributed by atoms with E-state index in [0.717, 1.165) is 53.7 Å². The maximum Gasteiger partial charge on any atom is 0.418 e. The highest BCUT2D eigenvalue weighted by molar-refractivity contribution is 7.18. The molecule has 1 aliphatic rings. The largest absolute Gasteiger partial charge is 0.418 e. The van der Waals surface area contributed by atoms with E-state index in [4.69, 9.17) is 4.98 Å². The zero-order valence-electron chi connectivity index (χ0n) is 18.8. The molecule has 0 atom stereocenters. The summed E-state index contributed by atoms with van der Waals surface area (Å²) in [6.45, 7) is 3.27. The van der Waals surface area contributed by atoms with Crippen LogP contribution in [0.4, 0.5) is 18.9 Å². The summed E-state index contributed by atoms with van der Waals surface area (Å²) in [4.78, 5) is 21.2. The molecule has 1 amide bonds. The van der Waals surface area contributed by atoms with Gasteiger partial charge in [-0.1, -0.05) is 0 Å². The minimum atomic E-state index is -4.73. The van der Waals surface area contributed by atoms with Gasteiger partial charge in [-0.05, 0) is 69.7 Å². The summed E-state index contributed by atoms with van der Waals surface area (Å²) in [5, 5.41) is 23.6. The normalized spacial score (nSPS) is 19.4. The minimum absolute atomic E-state index is 0.191. The van der Waals surface area contributed by atoms with E-state index in [1.54, 1.807) is 12.1 Å². The number of aliphatic hydroxyl groups excluding tert-OH is 1. The number of hydrogen-bond donors (Lipinski definition) is 3. The molecule has 34 heavy (non-hydrogen) atoms. The Labute approximate surface area is 198 Å². The molecule has 182 valence electrons. The van der Waals surface area contributed by atoms with E-state index in [-0.39, 0.29) is 18.2 Å². The molecule has 0 spiro atoms. The van der Waals surface area contributed by atoms with Gasteiger partial charge in [0.1, 0.15) is 5.69 Å². The molecule has 4 rings (SSSR count). The number of nitrogens with zero attached hydrogens (tertiary/aromatic N) is 2. The number of rotatable bonds is 5. The molecule has 0 bridgehead atoms. The lowest BCUT2D eigenvalue weighted by Gasteiger charge is -2.25. The second-order valence-corrected chi connectivity index (χ2v) is 10.3. The van der Waals surface area contributed by atoms with Crippen molar-refractivity contribution in [3.63, 3.8) is 0 Å². The molecule has 6 nitrogen and oxygen atoms in total. The van der Waals surface area contributed by atoms with Gasteiger partial charge in [-0.2, -0.15) is 13.2 Å². The van der Waals surface area contributed by atoms with Crippen molar-refractivity contribution in [3.05, 3.63) is 52.3 Å². The third kappa shape index (κ3) is 5.08. The standard InChI is InChI=1S/C24H26F3N3O3S/c1-23(2,33)16-10-18-19(34-22(30-18)14-7-5-13(12-31)6-8-14)11-17(16)29-21(32)20-15(24(25,26)27)4-3-9-28-20/h3-4,9-11,13-14,31,33H,5-8,12H2,1-2H3,(H,29,32). The Balaban J connectivity index is 1.69. The molecule has 2 heterocycles. The van der Waals surface area contributed by atoms with Gasteiger partial charge in [0.25, 0.3) is 5.91 Å². The predicted molar refractivity (Wildman–Crippen MR) is 124 cm³/mol. The molecular weight excluding hydrogens is 467 g/mol. The number of alkyl halides is 3. The van der Waals surface area contributed by atoms with Crippen molar-refractivity contribution in [2.45, 2.75) is 57.2 Å². The average molecular weight is 494 g/mol. The lowest BCUT2D eigenvalue weighted by molar-refractivity contribution is -0.138. The van der Waals surface area contributed by atoms with E-state index in [0.29, 0.717) is 17.0 Å². The van der Waals surface area contributed by atoms with Crippen molar-refractivity contribution in [2.75, 3.05) is 11.9 Å². The van der Waals surface area contributed by atoms with Crippen molar-refractivity contribution in [2.24, 2.45) is 5.92 Å². The van der Waals surface area contributed by atoms with Crippen molar-refractivity contribution in [3.8, 4) is 0 Å². The van der Waals surface area contributed by atoms with Crippen molar-refractivity contribution >= 4 is 33.1 Å². The average Bonchev–Trinajstić information content (AvgIpc) is 3.20. The van der Waals surface area contributed by atoms with Crippen LogP contribution in [-0.2, 0) is 11.8 Å². The Kier molecular flexibility index (Phi) is 6.67. The molecule has 10 heteroatoms. The summed E-state index contributed by atoms with van der Waals surface area (Å²) in [5.74, 6) is -0.418. The summed E-state index contributed by atoms with van der Waals surface area (Å²) < 4.78 is 40.9. The number of carbonyl (C=O) groups is 1. The molecule has 1 fully saturated rings. The molecule has 0 saturated heterocycles. The number of anilines is 1. The van der Waals surface area contributed by atoms with E-state index < -0.39 is 28.9 Å². The van der Waals surface area contributed by atoms with E-state index in [9.17, 15) is 28.2 Å². The van der Waals surface area contributed by atoms with Gasteiger partial charge in [0.2, 0.25) is 0 Å². The third-order valence-electron chi connectivity index (χ3n) is 6.23. The van der Waals surface area contributed by atoms with Gasteiger partial charge in [0.05, 0.1) is 26.4 Å². The number of halogens is 3. The highest BCUT2D eigenvalue weighted by atomic mass is 32.1. The SMILES string of the molecule is CC(C)(O)c1cc2nc(C3CCC(CO)CC3)sc2cc1NC(=O)c1ncccc1C(F)(F)F. The predicted octanol–water partition coefficient (Wildman–Crippen LogP) is 5.46. The summed E-state index contributed by atoms with van der Waals surface area (Å²) in [5.41, 5.74) is -2.02. The van der Waals surface area contributed by atoms with Crippen LogP contribution in [0.5, 0.6) is 0 Å². The van der Waals surface area contributed by atoms with Crippen LogP contribution < -0.4 is 5.32 Å². The Hall–Kier alpha value is -2.56. The van der Waals surface area contributed by atoms with Crippen LogP contribution in [0.1, 0.15) is 72.1 Å². The number of nitrogens with one attached hydrogen (secondary N) is 1. The van der Waals surface area contributed by atoms with Gasteiger partial charge < -0.3 is 15.5 Å². The second kappa shape index (κ2) is 9.24. The zero-order chi connectivity index (χ0) is 24.7. The van der Waals surface area contributed by atoms with Gasteiger partial charge in [0.15, 0.2) is 0 Å². The lowest BCUT2D eigenvalue weighted by atomic mass is 9.83. The van der Waals surface area contributed by atoms with E-state index in [2.05, 4.69) is 10.3 Å². The van der Waals surface area contributed by atoms with Crippen molar-refractivity contribution in [1.29, 1.82) is 0 Å². The number of pyridine rings is 1. The fraction of sp³-hybridized carbons (Fsp3) is 0.458. The topological polar surface area (TPSA) is 95.3 Å². The van der Waals surface area contributed by atoms with E-state index in [1.165, 1.54) is 25.2 Å². The molecule has 2 aromatic heterocycles. The van der Waals surface area contributed by atoms with Crippen LogP contribution >= 0.6 is 11.3 Å². The van der Waals surface area contributed by atoms with Gasteiger partial charge in [-0.25, -0.2) is 4.98 Å². The van der Waals surface area contributed by atoms with E-state index >= 15 is 0 Å². The fourth-order valence-electron chi connectivity index (χ4n) is 4.36. The van der Waals surface area contributed by atoms with Gasteiger partial charge in [-0.3, -0.25) is 9.78 Å². The summed E-state index contributed by atoms with van der Waals surface area (Å²) in [6, 6.07) is 5.26. The first-order chi connectivity index (χ1) is 16.0. The second-order valence-electron chi connectivity index (χ2n) is 9.23. The molecule has 1 aliphatic carbocycles. The Bertz CT molecular complexity index is 1200. The molecule has 0 unspecified atom stereocenters. The fourth-order valence-corrected chi connectivity index (χ4v) is 5.52. The number of carbonyl (C=O) groups excluding carboxylic acids is 1. The van der Waals surface area contributed by atoms with Gasteiger partial charge >= 0.3 is 6.18 Å². The summed E-state index contributed by atoms with van der Waals surface area (Å²) in [7, 11) is 0. The molecule has 3 N–H and O–H groups in total. The number of benzene rings is 1. The number of hydrogen-bond acceptors (Lipinski definition) is 6. The smallest absolute Gasteiger partial charge is 0.396 e. The summed E-state index contributed by atoms with van der Waals surface area (Å²) in [6.07, 6.45) is 0.106. The van der Waals surface area contributed by atoms with Crippen LogP contribution in [0.15, 0.2) is 30.5 Å². The monoisotopic (exact) mass is 493 g/mol. The molecule has 3 aromatic rings. The van der Waals surface area contributed by atoms with Gasteiger partial charge in [0, 0.05) is 30.0 Å². The quantitative estimate of drug-likeness (QED) is 0.439. The summed E-state index contributed by atoms with van der Waals surface area (Å²) >= 11 is 1.47. The maximum absolute atomic E-state index is 13.4. The van der Waals surface area contributed by atoms with Crippen LogP contribution in [0, 0.1) is 5.92 Å². The van der Waals surface area contributed by atoms with Crippen LogP contribution in [0.2, 0.25) is 0 Å². The maximum atomic E-state index is 13.4. The number of thiazole rings is 1. The molecule has 0 radical (unpaired) electrons. The van der Waals surface area contributed by atoms with Crippen LogP contribution in [-0.4, -0.2) is 32.7 Å². The number of amides is 1. The van der Waals surface area contributed by atoms with Crippen molar-refractivity contribution in [1.82, 2.24) is 9.97 Å². The third-order valence-corrected chi connectivity index (χ3v) is 7.41. The first kappa shape index (κ1) is 24.6. The molecule has 1 aromatic carbocycles. The highest BCUT2D eigenvalue weighted by Gasteiger charge is 2.36. The number of aliphatic hydroxyl groups is 2. The van der Waals surface area contributed by atoms with Crippen LogP contribution in [0.25, 0.3) is 10.2 Å². The zero-order valence-corrected chi connectivity index (χ0v) is 19.6. The minimum Gasteiger partial charge on any atom is -0.396 e. The number of fused-ring (bicyclic) bond motifs is 1. The van der Waals surface area contributed by atoms with Gasteiger partial charge in [-0.15, -0.1) is 11.3 Å². The first-order valence-corrected chi connectivity index (χ1v) is 11.9. The van der Waals surface area contributed by atoms with Crippen molar-refractivity contribution < 1.29 is 28.2 Å². The Morgan fingerprint density at radius 3 is 2.50 bits per heavy atom. The molecule has 1 saturated carbocycles. The van der Waals surface area contributed by atoms with Crippen LogP contribution in [0.3, 0.4) is 0 Å².